The molecule has 0 aliphatic rings. The zero-order chi connectivity index (χ0) is 16.2. The second-order valence-corrected chi connectivity index (χ2v) is 5.43. The molecular formula is C20H16O3. The number of carbonyl (C=O) groups is 1. The van der Waals surface area contributed by atoms with Gasteiger partial charge >= 0.3 is 0 Å². The summed E-state index contributed by atoms with van der Waals surface area (Å²) in [6.45, 7) is 0. The van der Waals surface area contributed by atoms with E-state index in [-0.39, 0.29) is 11.5 Å². The first-order valence-corrected chi connectivity index (χ1v) is 7.31. The summed E-state index contributed by atoms with van der Waals surface area (Å²) in [5.41, 5.74) is 4.30. The van der Waals surface area contributed by atoms with Crippen LogP contribution in [-0.4, -0.2) is 16.5 Å². The molecule has 114 valence electrons. The van der Waals surface area contributed by atoms with Crippen LogP contribution in [-0.2, 0) is 6.42 Å². The van der Waals surface area contributed by atoms with E-state index in [9.17, 15) is 15.0 Å². The standard InChI is InChI=1S/C20H16O3/c21-13-15-4-2-6-17(11-15)16-5-1-3-14(9-16)10-18-12-19(22)7-8-20(18)23/h1-9,11-13,22-23H,10H2. The molecule has 3 heteroatoms. The molecule has 0 heterocycles. The van der Waals surface area contributed by atoms with Gasteiger partial charge in [-0.2, -0.15) is 0 Å². The molecule has 3 nitrogen and oxygen atoms in total. The minimum Gasteiger partial charge on any atom is -0.508 e. The van der Waals surface area contributed by atoms with Crippen LogP contribution in [0.5, 0.6) is 11.5 Å². The number of aromatic hydroxyl groups is 2. The Morgan fingerprint density at radius 1 is 0.826 bits per heavy atom. The molecule has 3 aromatic carbocycles. The van der Waals surface area contributed by atoms with Crippen LogP contribution in [0.1, 0.15) is 21.5 Å². The van der Waals surface area contributed by atoms with Crippen molar-refractivity contribution in [3.8, 4) is 22.6 Å². The highest BCUT2D eigenvalue weighted by Gasteiger charge is 2.06. The number of aldehydes is 1. The average molecular weight is 304 g/mol. The van der Waals surface area contributed by atoms with Crippen LogP contribution in [0.25, 0.3) is 11.1 Å². The quantitative estimate of drug-likeness (QED) is 0.562. The van der Waals surface area contributed by atoms with E-state index in [2.05, 4.69) is 0 Å². The van der Waals surface area contributed by atoms with Crippen LogP contribution in [0.15, 0.2) is 66.7 Å². The van der Waals surface area contributed by atoms with Crippen LogP contribution in [0.3, 0.4) is 0 Å². The number of carbonyl (C=O) groups excluding carboxylic acids is 1. The van der Waals surface area contributed by atoms with E-state index in [1.165, 1.54) is 12.1 Å². The van der Waals surface area contributed by atoms with Gasteiger partial charge in [-0.25, -0.2) is 0 Å². The predicted octanol–water partition coefficient (Wildman–Crippen LogP) is 4.17. The Labute approximate surface area is 134 Å². The maximum atomic E-state index is 10.9. The van der Waals surface area contributed by atoms with Crippen molar-refractivity contribution in [1.82, 2.24) is 0 Å². The molecule has 0 aliphatic carbocycles. The van der Waals surface area contributed by atoms with E-state index in [1.807, 2.05) is 42.5 Å². The molecule has 23 heavy (non-hydrogen) atoms. The highest BCUT2D eigenvalue weighted by Crippen LogP contribution is 2.27. The predicted molar refractivity (Wildman–Crippen MR) is 89.8 cm³/mol. The molecule has 2 N–H and O–H groups in total. The lowest BCUT2D eigenvalue weighted by Gasteiger charge is -2.08. The molecule has 0 bridgehead atoms. The lowest BCUT2D eigenvalue weighted by Crippen LogP contribution is -1.90. The molecule has 0 aromatic heterocycles. The minimum atomic E-state index is 0.132. The smallest absolute Gasteiger partial charge is 0.150 e. The fourth-order valence-electron chi connectivity index (χ4n) is 2.59. The van der Waals surface area contributed by atoms with Gasteiger partial charge in [-0.1, -0.05) is 42.5 Å². The van der Waals surface area contributed by atoms with Crippen LogP contribution < -0.4 is 0 Å². The maximum Gasteiger partial charge on any atom is 0.150 e. The molecule has 0 aliphatic heterocycles. The molecular weight excluding hydrogens is 288 g/mol. The highest BCUT2D eigenvalue weighted by atomic mass is 16.3. The first-order chi connectivity index (χ1) is 11.2. The summed E-state index contributed by atoms with van der Waals surface area (Å²) in [6, 6.07) is 19.9. The summed E-state index contributed by atoms with van der Waals surface area (Å²) in [4.78, 5) is 10.9. The fourth-order valence-corrected chi connectivity index (χ4v) is 2.59. The van der Waals surface area contributed by atoms with E-state index < -0.39 is 0 Å². The van der Waals surface area contributed by atoms with E-state index in [4.69, 9.17) is 0 Å². The number of hydrogen-bond acceptors (Lipinski definition) is 3. The van der Waals surface area contributed by atoms with Crippen LogP contribution in [0, 0.1) is 0 Å². The topological polar surface area (TPSA) is 57.5 Å². The Hall–Kier alpha value is -3.07. The largest absolute Gasteiger partial charge is 0.508 e. The molecule has 0 amide bonds. The van der Waals surface area contributed by atoms with E-state index in [1.54, 1.807) is 12.1 Å². The fraction of sp³-hybridized carbons (Fsp3) is 0.0500. The molecule has 0 atom stereocenters. The molecule has 3 aromatic rings. The molecule has 3 rings (SSSR count). The van der Waals surface area contributed by atoms with Gasteiger partial charge in [0.1, 0.15) is 17.8 Å². The summed E-state index contributed by atoms with van der Waals surface area (Å²) in [6.07, 6.45) is 1.35. The monoisotopic (exact) mass is 304 g/mol. The normalized spacial score (nSPS) is 10.4. The maximum absolute atomic E-state index is 10.9. The molecule has 0 unspecified atom stereocenters. The molecule has 0 radical (unpaired) electrons. The van der Waals surface area contributed by atoms with E-state index in [0.717, 1.165) is 23.0 Å². The number of phenols is 2. The van der Waals surface area contributed by atoms with Crippen molar-refractivity contribution >= 4 is 6.29 Å². The summed E-state index contributed by atoms with van der Waals surface area (Å²) >= 11 is 0. The van der Waals surface area contributed by atoms with Gasteiger partial charge in [-0.3, -0.25) is 4.79 Å². The summed E-state index contributed by atoms with van der Waals surface area (Å²) in [7, 11) is 0. The second kappa shape index (κ2) is 6.36. The SMILES string of the molecule is O=Cc1cccc(-c2cccc(Cc3cc(O)ccc3O)c2)c1. The van der Waals surface area contributed by atoms with Crippen molar-refractivity contribution in [1.29, 1.82) is 0 Å². The van der Waals surface area contributed by atoms with Crippen molar-refractivity contribution in [2.45, 2.75) is 6.42 Å². The molecule has 0 saturated heterocycles. The van der Waals surface area contributed by atoms with Crippen molar-refractivity contribution in [2.24, 2.45) is 0 Å². The summed E-state index contributed by atoms with van der Waals surface area (Å²) < 4.78 is 0. The first kappa shape index (κ1) is 14.9. The van der Waals surface area contributed by atoms with E-state index >= 15 is 0 Å². The summed E-state index contributed by atoms with van der Waals surface area (Å²) in [5.74, 6) is 0.295. The number of phenolic OH excluding ortho intramolecular Hbond substituents is 2. The van der Waals surface area contributed by atoms with Gasteiger partial charge in [0.25, 0.3) is 0 Å². The average Bonchev–Trinajstić information content (AvgIpc) is 2.58. The van der Waals surface area contributed by atoms with Crippen molar-refractivity contribution in [3.05, 3.63) is 83.4 Å². The number of hydrogen-bond donors (Lipinski definition) is 2. The molecule has 0 spiro atoms. The van der Waals surface area contributed by atoms with Crippen LogP contribution >= 0.6 is 0 Å². The van der Waals surface area contributed by atoms with Crippen molar-refractivity contribution < 1.29 is 15.0 Å². The second-order valence-electron chi connectivity index (χ2n) is 5.43. The van der Waals surface area contributed by atoms with Crippen molar-refractivity contribution in [3.63, 3.8) is 0 Å². The first-order valence-electron chi connectivity index (χ1n) is 7.31. The lowest BCUT2D eigenvalue weighted by atomic mass is 9.98. The van der Waals surface area contributed by atoms with Gasteiger partial charge < -0.3 is 10.2 Å². The zero-order valence-corrected chi connectivity index (χ0v) is 12.4. The Kier molecular flexibility index (Phi) is 4.11. The zero-order valence-electron chi connectivity index (χ0n) is 12.4. The van der Waals surface area contributed by atoms with Crippen LogP contribution in [0.4, 0.5) is 0 Å². The highest BCUT2D eigenvalue weighted by molar-refractivity contribution is 5.79. The van der Waals surface area contributed by atoms with Gasteiger partial charge in [-0.15, -0.1) is 0 Å². The van der Waals surface area contributed by atoms with Gasteiger partial charge in [-0.05, 0) is 41.0 Å². The van der Waals surface area contributed by atoms with Gasteiger partial charge in [0.2, 0.25) is 0 Å². The minimum absolute atomic E-state index is 0.132. The van der Waals surface area contributed by atoms with Gasteiger partial charge in [0.15, 0.2) is 0 Å². The van der Waals surface area contributed by atoms with E-state index in [0.29, 0.717) is 17.5 Å². The Morgan fingerprint density at radius 2 is 1.57 bits per heavy atom. The number of rotatable bonds is 4. The molecule has 0 fully saturated rings. The van der Waals surface area contributed by atoms with Crippen molar-refractivity contribution in [2.75, 3.05) is 0 Å². The molecule has 0 saturated carbocycles. The lowest BCUT2D eigenvalue weighted by molar-refractivity contribution is 0.112. The Balaban J connectivity index is 1.93. The van der Waals surface area contributed by atoms with Gasteiger partial charge in [0.05, 0.1) is 0 Å². The summed E-state index contributed by atoms with van der Waals surface area (Å²) in [5, 5.41) is 19.5. The Bertz CT molecular complexity index is 853. The third kappa shape index (κ3) is 3.40. The van der Waals surface area contributed by atoms with Gasteiger partial charge in [0, 0.05) is 17.5 Å². The third-order valence-electron chi connectivity index (χ3n) is 3.74. The number of benzene rings is 3. The Morgan fingerprint density at radius 3 is 2.35 bits per heavy atom. The third-order valence-corrected chi connectivity index (χ3v) is 3.74. The van der Waals surface area contributed by atoms with Crippen LogP contribution in [0.2, 0.25) is 0 Å².